The van der Waals surface area contributed by atoms with Crippen LogP contribution < -0.4 is 9.64 Å². The highest BCUT2D eigenvalue weighted by molar-refractivity contribution is 5.57. The van der Waals surface area contributed by atoms with E-state index in [9.17, 15) is 0 Å². The molecule has 0 saturated carbocycles. The highest BCUT2D eigenvalue weighted by atomic mass is 16.5. The maximum Gasteiger partial charge on any atom is 0.212 e. The van der Waals surface area contributed by atoms with Gasteiger partial charge in [0, 0.05) is 74.6 Å². The summed E-state index contributed by atoms with van der Waals surface area (Å²) in [5, 5.41) is 7.31. The summed E-state index contributed by atoms with van der Waals surface area (Å²) in [6.07, 6.45) is 4.44. The van der Waals surface area contributed by atoms with Crippen LogP contribution in [0, 0.1) is 13.8 Å². The lowest BCUT2D eigenvalue weighted by Crippen LogP contribution is -2.46. The van der Waals surface area contributed by atoms with E-state index in [2.05, 4.69) is 48.2 Å². The van der Waals surface area contributed by atoms with Crippen LogP contribution in [-0.4, -0.2) is 68.3 Å². The van der Waals surface area contributed by atoms with Gasteiger partial charge in [0.05, 0.1) is 18.5 Å². The Hall–Kier alpha value is -3.85. The molecule has 0 spiro atoms. The number of methoxy groups -OCH3 is 1. The van der Waals surface area contributed by atoms with Gasteiger partial charge in [0.2, 0.25) is 5.88 Å². The zero-order valence-corrected chi connectivity index (χ0v) is 20.4. The predicted octanol–water partition coefficient (Wildman–Crippen LogP) is 3.20. The number of nitrogens with one attached hydrogen (secondary N) is 1. The molecule has 9 heteroatoms. The van der Waals surface area contributed by atoms with Crippen molar-refractivity contribution in [1.29, 1.82) is 0 Å². The fraction of sp³-hybridized carbons (Fsp3) is 0.346. The number of nitrogens with zero attached hydrogens (tertiary/aromatic N) is 7. The fourth-order valence-electron chi connectivity index (χ4n) is 4.33. The van der Waals surface area contributed by atoms with Crippen molar-refractivity contribution >= 4 is 5.82 Å². The molecule has 0 aromatic carbocycles. The molecule has 0 radical (unpaired) electrons. The third-order valence-corrected chi connectivity index (χ3v) is 6.14. The maximum absolute atomic E-state index is 5.15. The lowest BCUT2D eigenvalue weighted by Gasteiger charge is -2.35. The molecule has 4 aromatic heterocycles. The van der Waals surface area contributed by atoms with Crippen molar-refractivity contribution in [3.05, 3.63) is 77.1 Å². The summed E-state index contributed by atoms with van der Waals surface area (Å²) in [4.78, 5) is 23.2. The molecule has 0 amide bonds. The first kappa shape index (κ1) is 22.9. The Morgan fingerprint density at radius 3 is 2.43 bits per heavy atom. The number of anilines is 1. The van der Waals surface area contributed by atoms with Crippen LogP contribution in [0.5, 0.6) is 5.88 Å². The standard InChI is InChI=1S/C26H30N8O/c1-18-12-22(14-23-13-19(2)31-32-23)30-26(29-18)21-5-6-24(27-16-21)34-10-8-33(9-11-34)17-20-4-7-25(35-3)28-15-20/h4-7,12-13,15-16H,8-11,14,17H2,1-3H3,(H,31,32). The van der Waals surface area contributed by atoms with Gasteiger partial charge in [-0.1, -0.05) is 6.07 Å². The van der Waals surface area contributed by atoms with Crippen molar-refractivity contribution in [3.8, 4) is 17.3 Å². The fourth-order valence-corrected chi connectivity index (χ4v) is 4.33. The van der Waals surface area contributed by atoms with Crippen molar-refractivity contribution in [2.75, 3.05) is 38.2 Å². The molecule has 0 unspecified atom stereocenters. The highest BCUT2D eigenvalue weighted by Gasteiger charge is 2.19. The van der Waals surface area contributed by atoms with Crippen LogP contribution in [0.4, 0.5) is 5.82 Å². The van der Waals surface area contributed by atoms with E-state index in [0.29, 0.717) is 18.1 Å². The van der Waals surface area contributed by atoms with Crippen molar-refractivity contribution in [2.45, 2.75) is 26.8 Å². The lowest BCUT2D eigenvalue weighted by molar-refractivity contribution is 0.249. The minimum atomic E-state index is 0.646. The maximum atomic E-state index is 5.15. The minimum Gasteiger partial charge on any atom is -0.481 e. The van der Waals surface area contributed by atoms with Crippen LogP contribution in [0.3, 0.4) is 0 Å². The molecule has 0 atom stereocenters. The molecule has 0 bridgehead atoms. The van der Waals surface area contributed by atoms with Gasteiger partial charge in [-0.15, -0.1) is 0 Å². The molecule has 35 heavy (non-hydrogen) atoms. The SMILES string of the molecule is COc1ccc(CN2CCN(c3ccc(-c4nc(C)cc(Cc5cc(C)[nH]n5)n4)cn3)CC2)cn1. The normalized spacial score (nSPS) is 14.3. The molecule has 5 heterocycles. The second-order valence-electron chi connectivity index (χ2n) is 8.92. The summed E-state index contributed by atoms with van der Waals surface area (Å²) in [6.45, 7) is 8.71. The van der Waals surface area contributed by atoms with Gasteiger partial charge in [0.25, 0.3) is 0 Å². The quantitative estimate of drug-likeness (QED) is 0.440. The molecule has 5 rings (SSSR count). The van der Waals surface area contributed by atoms with Crippen molar-refractivity contribution in [3.63, 3.8) is 0 Å². The van der Waals surface area contributed by atoms with E-state index in [1.54, 1.807) is 7.11 Å². The molecule has 1 aliphatic rings. The molecule has 4 aromatic rings. The molecule has 1 fully saturated rings. The van der Waals surface area contributed by atoms with Gasteiger partial charge in [-0.25, -0.2) is 19.9 Å². The molecule has 1 N–H and O–H groups in total. The van der Waals surface area contributed by atoms with E-state index in [4.69, 9.17) is 14.7 Å². The van der Waals surface area contributed by atoms with Crippen molar-refractivity contribution < 1.29 is 4.74 Å². The molecular formula is C26H30N8O. The summed E-state index contributed by atoms with van der Waals surface area (Å²) in [6, 6.07) is 12.2. The predicted molar refractivity (Wildman–Crippen MR) is 134 cm³/mol. The van der Waals surface area contributed by atoms with Gasteiger partial charge in [0.1, 0.15) is 5.82 Å². The van der Waals surface area contributed by atoms with Crippen LogP contribution in [0.2, 0.25) is 0 Å². The highest BCUT2D eigenvalue weighted by Crippen LogP contribution is 2.21. The number of pyridine rings is 2. The number of aromatic nitrogens is 6. The van der Waals surface area contributed by atoms with E-state index in [-0.39, 0.29) is 0 Å². The summed E-state index contributed by atoms with van der Waals surface area (Å²) in [5.41, 5.74) is 6.02. The smallest absolute Gasteiger partial charge is 0.212 e. The Bertz CT molecular complexity index is 1260. The van der Waals surface area contributed by atoms with E-state index >= 15 is 0 Å². The first-order valence-electron chi connectivity index (χ1n) is 11.8. The molecule has 0 aliphatic carbocycles. The summed E-state index contributed by atoms with van der Waals surface area (Å²) < 4.78 is 5.15. The van der Waals surface area contributed by atoms with Crippen LogP contribution in [0.25, 0.3) is 11.4 Å². The number of hydrogen-bond donors (Lipinski definition) is 1. The second kappa shape index (κ2) is 10.2. The number of rotatable bonds is 7. The number of aromatic amines is 1. The number of H-pyrrole nitrogens is 1. The Kier molecular flexibility index (Phi) is 6.67. The topological polar surface area (TPSA) is 96.0 Å². The monoisotopic (exact) mass is 470 g/mol. The average Bonchev–Trinajstić information content (AvgIpc) is 3.29. The molecule has 9 nitrogen and oxygen atoms in total. The Balaban J connectivity index is 1.21. The third-order valence-electron chi connectivity index (χ3n) is 6.14. The first-order chi connectivity index (χ1) is 17.1. The van der Waals surface area contributed by atoms with Gasteiger partial charge < -0.3 is 9.64 Å². The van der Waals surface area contributed by atoms with Gasteiger partial charge >= 0.3 is 0 Å². The van der Waals surface area contributed by atoms with Crippen LogP contribution >= 0.6 is 0 Å². The van der Waals surface area contributed by atoms with E-state index in [0.717, 1.165) is 66.9 Å². The van der Waals surface area contributed by atoms with E-state index in [1.807, 2.05) is 44.4 Å². The van der Waals surface area contributed by atoms with Gasteiger partial charge in [-0.2, -0.15) is 5.10 Å². The Morgan fingerprint density at radius 2 is 1.77 bits per heavy atom. The Morgan fingerprint density at radius 1 is 0.914 bits per heavy atom. The average molecular weight is 471 g/mol. The lowest BCUT2D eigenvalue weighted by atomic mass is 10.2. The number of piperazine rings is 1. The molecule has 1 saturated heterocycles. The van der Waals surface area contributed by atoms with E-state index in [1.165, 1.54) is 5.56 Å². The van der Waals surface area contributed by atoms with Crippen LogP contribution in [0.15, 0.2) is 48.8 Å². The summed E-state index contributed by atoms with van der Waals surface area (Å²) in [7, 11) is 1.64. The van der Waals surface area contributed by atoms with Crippen molar-refractivity contribution in [1.82, 2.24) is 35.0 Å². The zero-order valence-electron chi connectivity index (χ0n) is 20.4. The number of ether oxygens (including phenoxy) is 1. The zero-order chi connectivity index (χ0) is 24.2. The minimum absolute atomic E-state index is 0.646. The summed E-state index contributed by atoms with van der Waals surface area (Å²) >= 11 is 0. The Labute approximate surface area is 205 Å². The first-order valence-corrected chi connectivity index (χ1v) is 11.8. The second-order valence-corrected chi connectivity index (χ2v) is 8.92. The molecule has 1 aliphatic heterocycles. The number of hydrogen-bond acceptors (Lipinski definition) is 8. The summed E-state index contributed by atoms with van der Waals surface area (Å²) in [5.74, 6) is 2.33. The number of aryl methyl sites for hydroxylation is 2. The van der Waals surface area contributed by atoms with Gasteiger partial charge in [0.15, 0.2) is 5.82 Å². The third kappa shape index (κ3) is 5.63. The molecule has 180 valence electrons. The van der Waals surface area contributed by atoms with Crippen LogP contribution in [-0.2, 0) is 13.0 Å². The van der Waals surface area contributed by atoms with Gasteiger partial charge in [-0.3, -0.25) is 10.00 Å². The van der Waals surface area contributed by atoms with E-state index < -0.39 is 0 Å². The largest absolute Gasteiger partial charge is 0.481 e. The van der Waals surface area contributed by atoms with Crippen LogP contribution in [0.1, 0.15) is 28.3 Å². The van der Waals surface area contributed by atoms with Crippen molar-refractivity contribution in [2.24, 2.45) is 0 Å². The van der Waals surface area contributed by atoms with Gasteiger partial charge in [-0.05, 0) is 43.7 Å². The molecular weight excluding hydrogens is 440 g/mol.